The molecule has 0 aliphatic carbocycles. The summed E-state index contributed by atoms with van der Waals surface area (Å²) in [7, 11) is 0. The maximum atomic E-state index is 9.25. The molecule has 3 aromatic rings. The summed E-state index contributed by atoms with van der Waals surface area (Å²) in [5.74, 6) is 1.42. The van der Waals surface area contributed by atoms with Gasteiger partial charge >= 0.3 is 0 Å². The van der Waals surface area contributed by atoms with Crippen LogP contribution >= 0.6 is 11.6 Å². The highest BCUT2D eigenvalue weighted by molar-refractivity contribution is 6.30. The molecule has 0 fully saturated rings. The molecule has 19 heavy (non-hydrogen) atoms. The van der Waals surface area contributed by atoms with E-state index < -0.39 is 0 Å². The van der Waals surface area contributed by atoms with Crippen LogP contribution in [-0.4, -0.2) is 10.1 Å². The van der Waals surface area contributed by atoms with E-state index in [2.05, 4.69) is 4.98 Å². The standard InChI is InChI=1S/C15H10ClNO2/c16-12-5-1-11(2-6-12)15-17-9-14(19-15)10-3-7-13(18)8-4-10/h1-9,18H. The van der Waals surface area contributed by atoms with Crippen molar-refractivity contribution in [1.29, 1.82) is 0 Å². The average molecular weight is 272 g/mol. The van der Waals surface area contributed by atoms with Crippen LogP contribution in [0, 0.1) is 0 Å². The summed E-state index contributed by atoms with van der Waals surface area (Å²) in [6, 6.07) is 14.1. The highest BCUT2D eigenvalue weighted by Gasteiger charge is 2.08. The lowest BCUT2D eigenvalue weighted by atomic mass is 10.2. The monoisotopic (exact) mass is 271 g/mol. The maximum Gasteiger partial charge on any atom is 0.226 e. The van der Waals surface area contributed by atoms with E-state index in [9.17, 15) is 5.11 Å². The molecule has 0 bridgehead atoms. The van der Waals surface area contributed by atoms with Crippen molar-refractivity contribution in [3.63, 3.8) is 0 Å². The Kier molecular flexibility index (Phi) is 2.97. The molecule has 0 spiro atoms. The van der Waals surface area contributed by atoms with E-state index in [4.69, 9.17) is 16.0 Å². The number of rotatable bonds is 2. The van der Waals surface area contributed by atoms with E-state index in [0.717, 1.165) is 11.1 Å². The Balaban J connectivity index is 1.95. The first-order chi connectivity index (χ1) is 9.22. The van der Waals surface area contributed by atoms with Crippen LogP contribution < -0.4 is 0 Å². The van der Waals surface area contributed by atoms with Gasteiger partial charge in [-0.25, -0.2) is 4.98 Å². The van der Waals surface area contributed by atoms with Crippen molar-refractivity contribution >= 4 is 11.6 Å². The van der Waals surface area contributed by atoms with Gasteiger partial charge in [0.2, 0.25) is 5.89 Å². The topological polar surface area (TPSA) is 46.3 Å². The lowest BCUT2D eigenvalue weighted by Crippen LogP contribution is -1.75. The Morgan fingerprint density at radius 2 is 1.53 bits per heavy atom. The lowest BCUT2D eigenvalue weighted by Gasteiger charge is -1.97. The van der Waals surface area contributed by atoms with Crippen LogP contribution in [0.4, 0.5) is 0 Å². The second kappa shape index (κ2) is 4.78. The van der Waals surface area contributed by atoms with Gasteiger partial charge in [-0.3, -0.25) is 0 Å². The fourth-order valence-corrected chi connectivity index (χ4v) is 1.89. The number of nitrogens with zero attached hydrogens (tertiary/aromatic N) is 1. The van der Waals surface area contributed by atoms with E-state index in [1.54, 1.807) is 42.6 Å². The minimum Gasteiger partial charge on any atom is -0.508 e. The Bertz CT molecular complexity index is 627. The number of aromatic nitrogens is 1. The van der Waals surface area contributed by atoms with Crippen LogP contribution in [-0.2, 0) is 0 Å². The van der Waals surface area contributed by atoms with Gasteiger partial charge in [0.15, 0.2) is 5.76 Å². The van der Waals surface area contributed by atoms with Crippen LogP contribution in [0.3, 0.4) is 0 Å². The van der Waals surface area contributed by atoms with E-state index in [-0.39, 0.29) is 5.75 Å². The van der Waals surface area contributed by atoms with E-state index in [0.29, 0.717) is 16.7 Å². The van der Waals surface area contributed by atoms with Gasteiger partial charge < -0.3 is 9.52 Å². The molecule has 3 nitrogen and oxygen atoms in total. The number of hydrogen-bond acceptors (Lipinski definition) is 3. The third kappa shape index (κ3) is 2.46. The molecule has 0 saturated carbocycles. The third-order valence-corrected chi connectivity index (χ3v) is 3.00. The van der Waals surface area contributed by atoms with Gasteiger partial charge in [-0.05, 0) is 48.5 Å². The van der Waals surface area contributed by atoms with Crippen molar-refractivity contribution < 1.29 is 9.52 Å². The fraction of sp³-hybridized carbons (Fsp3) is 0. The summed E-state index contributed by atoms with van der Waals surface area (Å²) >= 11 is 5.84. The zero-order valence-corrected chi connectivity index (χ0v) is 10.6. The summed E-state index contributed by atoms with van der Waals surface area (Å²) < 4.78 is 5.70. The summed E-state index contributed by atoms with van der Waals surface area (Å²) in [5.41, 5.74) is 1.74. The maximum absolute atomic E-state index is 9.25. The van der Waals surface area contributed by atoms with Crippen LogP contribution in [0.5, 0.6) is 5.75 Å². The first-order valence-corrected chi connectivity index (χ1v) is 6.11. The van der Waals surface area contributed by atoms with Gasteiger partial charge in [0, 0.05) is 16.1 Å². The fourth-order valence-electron chi connectivity index (χ4n) is 1.76. The van der Waals surface area contributed by atoms with Crippen LogP contribution in [0.2, 0.25) is 5.02 Å². The van der Waals surface area contributed by atoms with Crippen molar-refractivity contribution in [3.05, 3.63) is 59.8 Å². The van der Waals surface area contributed by atoms with E-state index in [1.165, 1.54) is 0 Å². The first-order valence-electron chi connectivity index (χ1n) is 5.73. The zero-order chi connectivity index (χ0) is 13.2. The van der Waals surface area contributed by atoms with Gasteiger partial charge in [0.1, 0.15) is 5.75 Å². The van der Waals surface area contributed by atoms with Crippen molar-refractivity contribution in [2.45, 2.75) is 0 Å². The molecule has 0 amide bonds. The Morgan fingerprint density at radius 1 is 0.895 bits per heavy atom. The molecule has 1 N–H and O–H groups in total. The number of phenols is 1. The van der Waals surface area contributed by atoms with E-state index in [1.807, 2.05) is 12.1 Å². The number of benzene rings is 2. The normalized spacial score (nSPS) is 10.6. The van der Waals surface area contributed by atoms with Crippen LogP contribution in [0.1, 0.15) is 0 Å². The van der Waals surface area contributed by atoms with Crippen molar-refractivity contribution in [3.8, 4) is 28.5 Å². The van der Waals surface area contributed by atoms with Gasteiger partial charge in [-0.2, -0.15) is 0 Å². The number of hydrogen-bond donors (Lipinski definition) is 1. The van der Waals surface area contributed by atoms with Crippen LogP contribution in [0.15, 0.2) is 59.1 Å². The minimum absolute atomic E-state index is 0.223. The largest absolute Gasteiger partial charge is 0.508 e. The van der Waals surface area contributed by atoms with Gasteiger partial charge in [-0.1, -0.05) is 11.6 Å². The van der Waals surface area contributed by atoms with Crippen LogP contribution in [0.25, 0.3) is 22.8 Å². The van der Waals surface area contributed by atoms with Crippen molar-refractivity contribution in [2.75, 3.05) is 0 Å². The number of phenolic OH excluding ortho intramolecular Hbond substituents is 1. The quantitative estimate of drug-likeness (QED) is 0.753. The molecule has 1 heterocycles. The molecule has 94 valence electrons. The SMILES string of the molecule is Oc1ccc(-c2cnc(-c3ccc(Cl)cc3)o2)cc1. The summed E-state index contributed by atoms with van der Waals surface area (Å²) in [6.45, 7) is 0. The van der Waals surface area contributed by atoms with Crippen molar-refractivity contribution in [1.82, 2.24) is 4.98 Å². The summed E-state index contributed by atoms with van der Waals surface area (Å²) in [4.78, 5) is 4.24. The smallest absolute Gasteiger partial charge is 0.226 e. The molecule has 0 aliphatic heterocycles. The molecule has 1 aromatic heterocycles. The molecule has 0 atom stereocenters. The van der Waals surface area contributed by atoms with Gasteiger partial charge in [0.25, 0.3) is 0 Å². The predicted octanol–water partition coefficient (Wildman–Crippen LogP) is 4.37. The average Bonchev–Trinajstić information content (AvgIpc) is 2.90. The second-order valence-corrected chi connectivity index (χ2v) is 4.52. The second-order valence-electron chi connectivity index (χ2n) is 4.08. The van der Waals surface area contributed by atoms with Gasteiger partial charge in [-0.15, -0.1) is 0 Å². The van der Waals surface area contributed by atoms with Crippen molar-refractivity contribution in [2.24, 2.45) is 0 Å². The van der Waals surface area contributed by atoms with Gasteiger partial charge in [0.05, 0.1) is 6.20 Å². The predicted molar refractivity (Wildman–Crippen MR) is 74.0 cm³/mol. The molecule has 0 saturated heterocycles. The minimum atomic E-state index is 0.223. The molecule has 0 unspecified atom stereocenters. The first kappa shape index (κ1) is 11.8. The molecule has 4 heteroatoms. The lowest BCUT2D eigenvalue weighted by molar-refractivity contribution is 0.475. The third-order valence-electron chi connectivity index (χ3n) is 2.75. The molecule has 0 aliphatic rings. The zero-order valence-electron chi connectivity index (χ0n) is 9.88. The van der Waals surface area contributed by atoms with E-state index >= 15 is 0 Å². The number of oxazole rings is 1. The Morgan fingerprint density at radius 3 is 2.21 bits per heavy atom. The number of halogens is 1. The molecular formula is C15H10ClNO2. The Labute approximate surface area is 115 Å². The Hall–Kier alpha value is -2.26. The molecule has 0 radical (unpaired) electrons. The summed E-state index contributed by atoms with van der Waals surface area (Å²) in [5, 5.41) is 9.93. The highest BCUT2D eigenvalue weighted by Crippen LogP contribution is 2.27. The number of aromatic hydroxyl groups is 1. The molecule has 3 rings (SSSR count). The molecule has 2 aromatic carbocycles. The summed E-state index contributed by atoms with van der Waals surface area (Å²) in [6.07, 6.45) is 1.66. The highest BCUT2D eigenvalue weighted by atomic mass is 35.5. The molecular weight excluding hydrogens is 262 g/mol.